The van der Waals surface area contributed by atoms with Crippen LogP contribution in [0.1, 0.15) is 6.92 Å². The van der Waals surface area contributed by atoms with E-state index in [2.05, 4.69) is 10.1 Å². The molecule has 7 nitrogen and oxygen atoms in total. The third kappa shape index (κ3) is 4.24. The number of hydrogen-bond donors (Lipinski definition) is 1. The number of amides is 1. The normalized spacial score (nSPS) is 19.1. The van der Waals surface area contributed by atoms with Gasteiger partial charge in [-0.1, -0.05) is 0 Å². The number of esters is 1. The van der Waals surface area contributed by atoms with E-state index >= 15 is 0 Å². The molecule has 1 atom stereocenters. The predicted molar refractivity (Wildman–Crippen MR) is 87.8 cm³/mol. The first kappa shape index (κ1) is 17.8. The Kier molecular flexibility index (Phi) is 5.66. The second kappa shape index (κ2) is 7.33. The van der Waals surface area contributed by atoms with Crippen LogP contribution >= 0.6 is 11.8 Å². The van der Waals surface area contributed by atoms with Crippen LogP contribution in [0, 0.1) is 0 Å². The molecule has 0 saturated carbocycles. The summed E-state index contributed by atoms with van der Waals surface area (Å²) in [6.45, 7) is 1.81. The molecule has 126 valence electrons. The number of methoxy groups -OCH3 is 1. The van der Waals surface area contributed by atoms with Crippen molar-refractivity contribution in [2.24, 2.45) is 0 Å². The van der Waals surface area contributed by atoms with E-state index in [4.69, 9.17) is 0 Å². The van der Waals surface area contributed by atoms with Gasteiger partial charge in [0, 0.05) is 31.5 Å². The minimum absolute atomic E-state index is 0.0904. The van der Waals surface area contributed by atoms with Crippen molar-refractivity contribution < 1.29 is 22.7 Å². The largest absolute Gasteiger partial charge is 0.468 e. The Morgan fingerprint density at radius 3 is 2.52 bits per heavy atom. The summed E-state index contributed by atoms with van der Waals surface area (Å²) in [6.07, 6.45) is 0. The summed E-state index contributed by atoms with van der Waals surface area (Å²) >= 11 is 1.39. The number of nitrogens with zero attached hydrogens (tertiary/aromatic N) is 1. The van der Waals surface area contributed by atoms with Crippen LogP contribution in [0.3, 0.4) is 0 Å². The Hall–Kier alpha value is -1.58. The highest BCUT2D eigenvalue weighted by Crippen LogP contribution is 2.26. The Bertz CT molecular complexity index is 688. The molecule has 0 aromatic heterocycles. The number of carbonyl (C=O) groups is 2. The molecular formula is C14H18N2O5S2. The minimum Gasteiger partial charge on any atom is -0.468 e. The summed E-state index contributed by atoms with van der Waals surface area (Å²) in [5.74, 6) is -0.117. The lowest BCUT2D eigenvalue weighted by Crippen LogP contribution is -2.44. The Morgan fingerprint density at radius 2 is 1.96 bits per heavy atom. The van der Waals surface area contributed by atoms with Gasteiger partial charge in [-0.15, -0.1) is 11.8 Å². The van der Waals surface area contributed by atoms with E-state index in [1.54, 1.807) is 0 Å². The maximum atomic E-state index is 12.7. The molecule has 1 saturated heterocycles. The maximum Gasteiger partial charge on any atom is 0.320 e. The van der Waals surface area contributed by atoms with Gasteiger partial charge in [0.15, 0.2) is 0 Å². The Morgan fingerprint density at radius 1 is 1.30 bits per heavy atom. The van der Waals surface area contributed by atoms with Crippen LogP contribution in [-0.2, 0) is 24.3 Å². The fraction of sp³-hybridized carbons (Fsp3) is 0.429. The summed E-state index contributed by atoms with van der Waals surface area (Å²) in [5, 5.41) is 2.07. The van der Waals surface area contributed by atoms with Crippen LogP contribution in [-0.4, -0.2) is 55.8 Å². The molecule has 0 aliphatic carbocycles. The fourth-order valence-electron chi connectivity index (χ4n) is 2.18. The highest BCUT2D eigenvalue weighted by atomic mass is 32.2. The van der Waals surface area contributed by atoms with Crippen molar-refractivity contribution in [2.45, 2.75) is 17.1 Å². The maximum absolute atomic E-state index is 12.7. The molecule has 1 aliphatic rings. The SMILES string of the molecule is COC(=O)[C@@H]1CN(S(=O)(=O)c2ccc(NC(C)=O)cc2)CCS1. The van der Waals surface area contributed by atoms with Crippen LogP contribution in [0.25, 0.3) is 0 Å². The lowest BCUT2D eigenvalue weighted by atomic mass is 10.3. The number of nitrogens with one attached hydrogen (secondary N) is 1. The molecule has 1 aliphatic heterocycles. The van der Waals surface area contributed by atoms with Gasteiger partial charge < -0.3 is 10.1 Å². The van der Waals surface area contributed by atoms with Gasteiger partial charge in [-0.25, -0.2) is 8.42 Å². The zero-order chi connectivity index (χ0) is 17.0. The van der Waals surface area contributed by atoms with Gasteiger partial charge in [0.2, 0.25) is 15.9 Å². The van der Waals surface area contributed by atoms with Gasteiger partial charge in [-0.3, -0.25) is 9.59 Å². The van der Waals surface area contributed by atoms with Crippen molar-refractivity contribution in [3.63, 3.8) is 0 Å². The molecule has 9 heteroatoms. The van der Waals surface area contributed by atoms with Crippen LogP contribution in [0.15, 0.2) is 29.2 Å². The number of anilines is 1. The zero-order valence-electron chi connectivity index (χ0n) is 12.8. The van der Waals surface area contributed by atoms with Crippen molar-refractivity contribution in [1.82, 2.24) is 4.31 Å². The third-order valence-corrected chi connectivity index (χ3v) is 6.35. The fourth-order valence-corrected chi connectivity index (χ4v) is 4.97. The van der Waals surface area contributed by atoms with Crippen molar-refractivity contribution >= 4 is 39.3 Å². The molecule has 1 N–H and O–H groups in total. The van der Waals surface area contributed by atoms with Crippen LogP contribution in [0.2, 0.25) is 0 Å². The molecule has 0 unspecified atom stereocenters. The molecule has 1 heterocycles. The summed E-state index contributed by atoms with van der Waals surface area (Å²) in [4.78, 5) is 22.7. The van der Waals surface area contributed by atoms with Crippen LogP contribution in [0.5, 0.6) is 0 Å². The highest BCUT2D eigenvalue weighted by Gasteiger charge is 2.34. The molecule has 0 radical (unpaired) electrons. The van der Waals surface area contributed by atoms with Gasteiger partial charge in [-0.2, -0.15) is 4.31 Å². The highest BCUT2D eigenvalue weighted by molar-refractivity contribution is 8.00. The van der Waals surface area contributed by atoms with E-state index in [-0.39, 0.29) is 17.3 Å². The standard InChI is InChI=1S/C14H18N2O5S2/c1-10(17)15-11-3-5-12(6-4-11)23(19,20)16-7-8-22-13(9-16)14(18)21-2/h3-6,13H,7-9H2,1-2H3,(H,15,17)/t13-/m0/s1. The molecule has 1 amide bonds. The van der Waals surface area contributed by atoms with E-state index in [9.17, 15) is 18.0 Å². The van der Waals surface area contributed by atoms with Crippen LogP contribution in [0.4, 0.5) is 5.69 Å². The van der Waals surface area contributed by atoms with Gasteiger partial charge in [0.1, 0.15) is 5.25 Å². The topological polar surface area (TPSA) is 92.8 Å². The third-order valence-electron chi connectivity index (χ3n) is 3.31. The second-order valence-corrected chi connectivity index (χ2v) is 8.20. The lowest BCUT2D eigenvalue weighted by molar-refractivity contribution is -0.140. The number of carbonyl (C=O) groups excluding carboxylic acids is 2. The van der Waals surface area contributed by atoms with Gasteiger partial charge in [0.25, 0.3) is 0 Å². The number of thioether (sulfide) groups is 1. The molecular weight excluding hydrogens is 340 g/mol. The second-order valence-electron chi connectivity index (χ2n) is 4.95. The summed E-state index contributed by atoms with van der Waals surface area (Å²) in [5.41, 5.74) is 0.526. The van der Waals surface area contributed by atoms with E-state index in [0.717, 1.165) is 0 Å². The molecule has 1 aromatic carbocycles. The van der Waals surface area contributed by atoms with Crippen LogP contribution < -0.4 is 5.32 Å². The molecule has 0 bridgehead atoms. The van der Waals surface area contributed by atoms with Gasteiger partial charge in [0.05, 0.1) is 12.0 Å². The quantitative estimate of drug-likeness (QED) is 0.805. The molecule has 1 fully saturated rings. The van der Waals surface area contributed by atoms with E-state index in [1.165, 1.54) is 54.4 Å². The smallest absolute Gasteiger partial charge is 0.320 e. The lowest BCUT2D eigenvalue weighted by Gasteiger charge is -2.30. The van der Waals surface area contributed by atoms with Crippen molar-refractivity contribution in [1.29, 1.82) is 0 Å². The number of sulfonamides is 1. The van der Waals surface area contributed by atoms with Crippen molar-refractivity contribution in [3.8, 4) is 0 Å². The van der Waals surface area contributed by atoms with E-state index in [1.807, 2.05) is 0 Å². The Balaban J connectivity index is 2.17. The van der Waals surface area contributed by atoms with E-state index in [0.29, 0.717) is 18.0 Å². The first-order valence-electron chi connectivity index (χ1n) is 6.92. The molecule has 1 aromatic rings. The summed E-state index contributed by atoms with van der Waals surface area (Å²) in [6, 6.07) is 5.94. The average molecular weight is 358 g/mol. The molecule has 0 spiro atoms. The number of ether oxygens (including phenoxy) is 1. The first-order chi connectivity index (χ1) is 10.8. The number of rotatable bonds is 4. The Labute approximate surface area is 139 Å². The first-order valence-corrected chi connectivity index (χ1v) is 9.40. The van der Waals surface area contributed by atoms with E-state index < -0.39 is 21.2 Å². The molecule has 2 rings (SSSR count). The van der Waals surface area contributed by atoms with Gasteiger partial charge in [-0.05, 0) is 24.3 Å². The number of hydrogen-bond acceptors (Lipinski definition) is 6. The monoisotopic (exact) mass is 358 g/mol. The number of benzene rings is 1. The summed E-state index contributed by atoms with van der Waals surface area (Å²) in [7, 11) is -2.39. The zero-order valence-corrected chi connectivity index (χ0v) is 14.4. The predicted octanol–water partition coefficient (Wildman–Crippen LogP) is 0.924. The molecule has 23 heavy (non-hydrogen) atoms. The van der Waals surface area contributed by atoms with Crippen molar-refractivity contribution in [3.05, 3.63) is 24.3 Å². The van der Waals surface area contributed by atoms with Crippen molar-refractivity contribution in [2.75, 3.05) is 31.3 Å². The minimum atomic E-state index is -3.68. The average Bonchev–Trinajstić information content (AvgIpc) is 2.54. The summed E-state index contributed by atoms with van der Waals surface area (Å²) < 4.78 is 31.3. The van der Waals surface area contributed by atoms with Gasteiger partial charge >= 0.3 is 5.97 Å².